The lowest BCUT2D eigenvalue weighted by Gasteiger charge is -2.01. The number of phenolic OH excluding ortho intramolecular Hbond substituents is 1. The van der Waals surface area contributed by atoms with E-state index in [4.69, 9.17) is 0 Å². The van der Waals surface area contributed by atoms with E-state index < -0.39 is 0 Å². The molecule has 0 aliphatic heterocycles. The molecule has 0 heterocycles. The molecule has 1 amide bonds. The van der Waals surface area contributed by atoms with E-state index in [1.165, 1.54) is 6.21 Å². The molecule has 0 aliphatic rings. The molecule has 0 radical (unpaired) electrons. The molecule has 0 aromatic heterocycles. The molecular weight excluding hydrogens is 435 g/mol. The molecule has 0 saturated heterocycles. The number of aromatic hydroxyl groups is 1. The monoisotopic (exact) mass is 444 g/mol. The number of halogens is 2. The average Bonchev–Trinajstić information content (AvgIpc) is 2.42. The van der Waals surface area contributed by atoms with E-state index in [2.05, 4.69) is 49.0 Å². The molecule has 2 aromatic rings. The molecule has 0 bridgehead atoms. The molecule has 2 aromatic carbocycles. The molecule has 0 unspecified atom stereocenters. The molecule has 2 N–H and O–H groups in total. The van der Waals surface area contributed by atoms with Crippen molar-refractivity contribution in [1.29, 1.82) is 0 Å². The second-order valence-corrected chi connectivity index (χ2v) is 6.07. The third-order valence-corrected chi connectivity index (χ3v) is 3.61. The van der Waals surface area contributed by atoms with Crippen LogP contribution in [0.4, 0.5) is 0 Å². The summed E-state index contributed by atoms with van der Waals surface area (Å²) >= 11 is 5.44. The quantitative estimate of drug-likeness (QED) is 0.432. The number of phenols is 1. The highest BCUT2D eigenvalue weighted by molar-refractivity contribution is 14.1. The van der Waals surface area contributed by atoms with Crippen molar-refractivity contribution in [1.82, 2.24) is 5.43 Å². The fraction of sp³-hybridized carbons (Fsp3) is 0. The summed E-state index contributed by atoms with van der Waals surface area (Å²) in [5.74, 6) is -0.196. The minimum Gasteiger partial charge on any atom is -0.507 e. The second kappa shape index (κ2) is 6.85. The highest BCUT2D eigenvalue weighted by Gasteiger charge is 2.04. The fourth-order valence-corrected chi connectivity index (χ4v) is 2.40. The minimum atomic E-state index is -0.312. The van der Waals surface area contributed by atoms with Crippen LogP contribution in [0, 0.1) is 3.57 Å². The highest BCUT2D eigenvalue weighted by atomic mass is 127. The molecule has 0 atom stereocenters. The van der Waals surface area contributed by atoms with E-state index in [0.717, 1.165) is 8.04 Å². The Balaban J connectivity index is 2.06. The number of carbonyl (C=O) groups is 1. The second-order valence-electron chi connectivity index (χ2n) is 3.91. The number of amides is 1. The third kappa shape index (κ3) is 4.04. The van der Waals surface area contributed by atoms with Crippen molar-refractivity contribution >= 4 is 50.6 Å². The molecule has 6 heteroatoms. The molecule has 2 rings (SSSR count). The Bertz CT molecular complexity index is 674. The van der Waals surface area contributed by atoms with Crippen molar-refractivity contribution in [3.05, 3.63) is 61.6 Å². The highest BCUT2D eigenvalue weighted by Crippen LogP contribution is 2.17. The summed E-state index contributed by atoms with van der Waals surface area (Å²) in [6, 6.07) is 12.1. The van der Waals surface area contributed by atoms with Gasteiger partial charge in [0, 0.05) is 19.2 Å². The number of nitrogens with zero attached hydrogens (tertiary/aromatic N) is 1. The SMILES string of the molecule is O=C(NN=Cc1cc(I)ccc1O)c1cccc(Br)c1. The van der Waals surface area contributed by atoms with Crippen LogP contribution in [0.5, 0.6) is 5.75 Å². The largest absolute Gasteiger partial charge is 0.507 e. The Morgan fingerprint density at radius 3 is 2.85 bits per heavy atom. The van der Waals surface area contributed by atoms with Gasteiger partial charge in [0.1, 0.15) is 5.75 Å². The molecule has 20 heavy (non-hydrogen) atoms. The van der Waals surface area contributed by atoms with Crippen LogP contribution < -0.4 is 5.43 Å². The van der Waals surface area contributed by atoms with Crippen LogP contribution in [-0.4, -0.2) is 17.2 Å². The number of nitrogens with one attached hydrogen (secondary N) is 1. The number of hydrogen-bond acceptors (Lipinski definition) is 3. The first-order valence-corrected chi connectivity index (χ1v) is 7.51. The van der Waals surface area contributed by atoms with Crippen molar-refractivity contribution in [3.63, 3.8) is 0 Å². The van der Waals surface area contributed by atoms with Crippen LogP contribution in [0.3, 0.4) is 0 Å². The summed E-state index contributed by atoms with van der Waals surface area (Å²) < 4.78 is 1.80. The van der Waals surface area contributed by atoms with Crippen molar-refractivity contribution in [2.24, 2.45) is 5.10 Å². The lowest BCUT2D eigenvalue weighted by Crippen LogP contribution is -2.17. The van der Waals surface area contributed by atoms with Crippen molar-refractivity contribution in [3.8, 4) is 5.75 Å². The van der Waals surface area contributed by atoms with Crippen LogP contribution >= 0.6 is 38.5 Å². The first-order valence-electron chi connectivity index (χ1n) is 5.64. The maximum Gasteiger partial charge on any atom is 0.271 e. The van der Waals surface area contributed by atoms with Crippen LogP contribution in [-0.2, 0) is 0 Å². The Labute approximate surface area is 138 Å². The Morgan fingerprint density at radius 1 is 1.30 bits per heavy atom. The van der Waals surface area contributed by atoms with Gasteiger partial charge in [0.05, 0.1) is 6.21 Å². The van der Waals surface area contributed by atoms with E-state index in [1.54, 1.807) is 36.4 Å². The molecule has 102 valence electrons. The standard InChI is InChI=1S/C14H10BrIN2O2/c15-11-3-1-2-9(6-11)14(20)18-17-8-10-7-12(16)4-5-13(10)19/h1-8,19H,(H,18,20). The zero-order valence-electron chi connectivity index (χ0n) is 10.2. The fourth-order valence-electron chi connectivity index (χ4n) is 1.48. The summed E-state index contributed by atoms with van der Waals surface area (Å²) in [6.07, 6.45) is 1.41. The van der Waals surface area contributed by atoms with E-state index in [-0.39, 0.29) is 11.7 Å². The maximum absolute atomic E-state index is 11.8. The van der Waals surface area contributed by atoms with Gasteiger partial charge in [-0.3, -0.25) is 4.79 Å². The topological polar surface area (TPSA) is 61.7 Å². The minimum absolute atomic E-state index is 0.117. The molecule has 0 aliphatic carbocycles. The molecule has 0 fully saturated rings. The summed E-state index contributed by atoms with van der Waals surface area (Å²) in [5, 5.41) is 13.5. The van der Waals surface area contributed by atoms with Gasteiger partial charge in [-0.1, -0.05) is 22.0 Å². The van der Waals surface area contributed by atoms with Crippen LogP contribution in [0.2, 0.25) is 0 Å². The predicted octanol–water partition coefficient (Wildman–Crippen LogP) is 3.52. The van der Waals surface area contributed by atoms with E-state index in [0.29, 0.717) is 11.1 Å². The number of hydrazone groups is 1. The van der Waals surface area contributed by atoms with E-state index in [1.807, 2.05) is 6.07 Å². The van der Waals surface area contributed by atoms with Gasteiger partial charge in [-0.15, -0.1) is 0 Å². The van der Waals surface area contributed by atoms with Gasteiger partial charge in [-0.25, -0.2) is 5.43 Å². The summed E-state index contributed by atoms with van der Waals surface area (Å²) in [5.41, 5.74) is 3.47. The Hall–Kier alpha value is -1.41. The van der Waals surface area contributed by atoms with Gasteiger partial charge in [0.2, 0.25) is 0 Å². The van der Waals surface area contributed by atoms with Crippen LogP contribution in [0.25, 0.3) is 0 Å². The molecule has 0 spiro atoms. The molecular formula is C14H10BrIN2O2. The van der Waals surface area contributed by atoms with Gasteiger partial charge < -0.3 is 5.11 Å². The lowest BCUT2D eigenvalue weighted by molar-refractivity contribution is 0.0955. The van der Waals surface area contributed by atoms with Crippen molar-refractivity contribution < 1.29 is 9.90 Å². The van der Waals surface area contributed by atoms with Crippen LogP contribution in [0.1, 0.15) is 15.9 Å². The average molecular weight is 445 g/mol. The van der Waals surface area contributed by atoms with E-state index >= 15 is 0 Å². The normalized spacial score (nSPS) is 10.7. The van der Waals surface area contributed by atoms with Gasteiger partial charge in [0.25, 0.3) is 5.91 Å². The summed E-state index contributed by atoms with van der Waals surface area (Å²) in [7, 11) is 0. The van der Waals surface area contributed by atoms with Gasteiger partial charge >= 0.3 is 0 Å². The Morgan fingerprint density at radius 2 is 2.10 bits per heavy atom. The maximum atomic E-state index is 11.8. The van der Waals surface area contributed by atoms with Gasteiger partial charge in [0.15, 0.2) is 0 Å². The van der Waals surface area contributed by atoms with E-state index in [9.17, 15) is 9.90 Å². The lowest BCUT2D eigenvalue weighted by atomic mass is 10.2. The molecule has 0 saturated carbocycles. The summed E-state index contributed by atoms with van der Waals surface area (Å²) in [4.78, 5) is 11.8. The van der Waals surface area contributed by atoms with Crippen LogP contribution in [0.15, 0.2) is 52.0 Å². The molecule has 4 nitrogen and oxygen atoms in total. The van der Waals surface area contributed by atoms with Crippen molar-refractivity contribution in [2.45, 2.75) is 0 Å². The third-order valence-electron chi connectivity index (χ3n) is 2.45. The van der Waals surface area contributed by atoms with Crippen molar-refractivity contribution in [2.75, 3.05) is 0 Å². The smallest absolute Gasteiger partial charge is 0.271 e. The summed E-state index contributed by atoms with van der Waals surface area (Å²) in [6.45, 7) is 0. The first-order chi connectivity index (χ1) is 9.56. The number of benzene rings is 2. The Kier molecular flexibility index (Phi) is 5.13. The zero-order chi connectivity index (χ0) is 14.5. The van der Waals surface area contributed by atoms with Gasteiger partial charge in [-0.2, -0.15) is 5.10 Å². The first kappa shape index (κ1) is 15.0. The number of rotatable bonds is 3. The zero-order valence-corrected chi connectivity index (χ0v) is 13.9. The van der Waals surface area contributed by atoms with Gasteiger partial charge in [-0.05, 0) is 59.0 Å². The number of carbonyl (C=O) groups excluding carboxylic acids is 1. The predicted molar refractivity (Wildman–Crippen MR) is 90.0 cm³/mol. The number of hydrogen-bond donors (Lipinski definition) is 2.